The smallest absolute Gasteiger partial charge is 0.337 e. The molecule has 2 aromatic carbocycles. The molecule has 0 aliphatic carbocycles. The van der Waals surface area contributed by atoms with Crippen molar-refractivity contribution in [2.75, 3.05) is 17.7 Å². The van der Waals surface area contributed by atoms with E-state index in [4.69, 9.17) is 11.6 Å². The van der Waals surface area contributed by atoms with Crippen molar-refractivity contribution in [3.8, 4) is 0 Å². The predicted octanol–water partition coefficient (Wildman–Crippen LogP) is 4.83. The van der Waals surface area contributed by atoms with Crippen LogP contribution in [0.4, 0.5) is 17.1 Å². The Balaban J connectivity index is 1.73. The van der Waals surface area contributed by atoms with Crippen molar-refractivity contribution in [2.24, 2.45) is 0 Å². The zero-order chi connectivity index (χ0) is 20.1. The Labute approximate surface area is 167 Å². The fraction of sp³-hybridized carbons (Fsp3) is 0.0952. The number of hydrogen-bond acceptors (Lipinski definition) is 5. The maximum Gasteiger partial charge on any atom is 0.337 e. The van der Waals surface area contributed by atoms with E-state index in [2.05, 4.69) is 20.4 Å². The van der Waals surface area contributed by atoms with Crippen LogP contribution in [-0.2, 0) is 4.74 Å². The van der Waals surface area contributed by atoms with E-state index < -0.39 is 5.97 Å². The number of nitrogens with zero attached hydrogens (tertiary/aromatic N) is 1. The van der Waals surface area contributed by atoms with Gasteiger partial charge in [-0.2, -0.15) is 0 Å². The Hall–Kier alpha value is -3.38. The molecule has 28 heavy (non-hydrogen) atoms. The van der Waals surface area contributed by atoms with Crippen molar-refractivity contribution in [1.82, 2.24) is 4.98 Å². The SMILES string of the molecule is COC(=O)c1ccc(NC(=O)c2cncc(Nc3cccc(Cl)c3C)c2)cc1. The lowest BCUT2D eigenvalue weighted by molar-refractivity contribution is 0.0600. The lowest BCUT2D eigenvalue weighted by atomic mass is 10.1. The van der Waals surface area contributed by atoms with Gasteiger partial charge in [0.15, 0.2) is 0 Å². The second kappa shape index (κ2) is 8.54. The molecule has 0 spiro atoms. The van der Waals surface area contributed by atoms with Crippen molar-refractivity contribution in [1.29, 1.82) is 0 Å². The average Bonchev–Trinajstić information content (AvgIpc) is 2.71. The first-order chi connectivity index (χ1) is 13.5. The number of rotatable bonds is 5. The summed E-state index contributed by atoms with van der Waals surface area (Å²) in [5, 5.41) is 6.65. The monoisotopic (exact) mass is 395 g/mol. The Morgan fingerprint density at radius 2 is 1.75 bits per heavy atom. The van der Waals surface area contributed by atoms with Crippen LogP contribution in [0.1, 0.15) is 26.3 Å². The van der Waals surface area contributed by atoms with Crippen LogP contribution in [0.5, 0.6) is 0 Å². The quantitative estimate of drug-likeness (QED) is 0.605. The van der Waals surface area contributed by atoms with Gasteiger partial charge in [0.25, 0.3) is 5.91 Å². The Kier molecular flexibility index (Phi) is 5.91. The second-order valence-electron chi connectivity index (χ2n) is 6.02. The first-order valence-corrected chi connectivity index (χ1v) is 8.82. The second-order valence-corrected chi connectivity index (χ2v) is 6.43. The van der Waals surface area contributed by atoms with Crippen molar-refractivity contribution in [3.05, 3.63) is 82.6 Å². The van der Waals surface area contributed by atoms with Gasteiger partial charge < -0.3 is 15.4 Å². The number of ether oxygens (including phenoxy) is 1. The molecule has 7 heteroatoms. The molecule has 0 bridgehead atoms. The summed E-state index contributed by atoms with van der Waals surface area (Å²) in [5.74, 6) is -0.748. The van der Waals surface area contributed by atoms with Crippen molar-refractivity contribution in [3.63, 3.8) is 0 Å². The predicted molar refractivity (Wildman–Crippen MR) is 109 cm³/mol. The van der Waals surface area contributed by atoms with Crippen molar-refractivity contribution >= 4 is 40.5 Å². The number of carbonyl (C=O) groups is 2. The zero-order valence-electron chi connectivity index (χ0n) is 15.3. The third-order valence-electron chi connectivity index (χ3n) is 4.11. The molecular weight excluding hydrogens is 378 g/mol. The van der Waals surface area contributed by atoms with E-state index in [0.717, 1.165) is 11.3 Å². The fourth-order valence-electron chi connectivity index (χ4n) is 2.54. The third kappa shape index (κ3) is 4.47. The maximum absolute atomic E-state index is 12.5. The molecule has 142 valence electrons. The lowest BCUT2D eigenvalue weighted by Crippen LogP contribution is -2.13. The topological polar surface area (TPSA) is 80.3 Å². The van der Waals surface area contributed by atoms with E-state index in [-0.39, 0.29) is 5.91 Å². The summed E-state index contributed by atoms with van der Waals surface area (Å²) in [6.45, 7) is 1.91. The number of anilines is 3. The molecular formula is C21H18ClN3O3. The summed E-state index contributed by atoms with van der Waals surface area (Å²) < 4.78 is 4.65. The van der Waals surface area contributed by atoms with Gasteiger partial charge in [-0.3, -0.25) is 9.78 Å². The molecule has 0 saturated carbocycles. The summed E-state index contributed by atoms with van der Waals surface area (Å²) in [6.07, 6.45) is 3.11. The largest absolute Gasteiger partial charge is 0.465 e. The number of nitrogens with one attached hydrogen (secondary N) is 2. The van der Waals surface area contributed by atoms with Gasteiger partial charge in [0.2, 0.25) is 0 Å². The molecule has 2 N–H and O–H groups in total. The van der Waals surface area contributed by atoms with E-state index in [1.54, 1.807) is 36.5 Å². The first kappa shape index (κ1) is 19.4. The molecule has 0 aliphatic heterocycles. The number of benzene rings is 2. The van der Waals surface area contributed by atoms with Crippen LogP contribution in [-0.4, -0.2) is 24.0 Å². The number of pyridine rings is 1. The van der Waals surface area contributed by atoms with E-state index in [9.17, 15) is 9.59 Å². The lowest BCUT2D eigenvalue weighted by Gasteiger charge is -2.11. The van der Waals surface area contributed by atoms with Crippen molar-refractivity contribution < 1.29 is 14.3 Å². The molecule has 3 rings (SSSR count). The highest BCUT2D eigenvalue weighted by atomic mass is 35.5. The van der Waals surface area contributed by atoms with Gasteiger partial charge in [-0.15, -0.1) is 0 Å². The molecule has 1 heterocycles. The van der Waals surface area contributed by atoms with Gasteiger partial charge in [0.1, 0.15) is 0 Å². The van der Waals surface area contributed by atoms with E-state index in [1.807, 2.05) is 25.1 Å². The highest BCUT2D eigenvalue weighted by Gasteiger charge is 2.10. The summed E-state index contributed by atoms with van der Waals surface area (Å²) in [7, 11) is 1.32. The normalized spacial score (nSPS) is 10.2. The van der Waals surface area contributed by atoms with Crippen molar-refractivity contribution in [2.45, 2.75) is 6.92 Å². The summed E-state index contributed by atoms with van der Waals surface area (Å²) >= 11 is 6.14. The van der Waals surface area contributed by atoms with Crippen LogP contribution in [0.3, 0.4) is 0 Å². The van der Waals surface area contributed by atoms with E-state index in [0.29, 0.717) is 27.5 Å². The first-order valence-electron chi connectivity index (χ1n) is 8.45. The Morgan fingerprint density at radius 3 is 2.46 bits per heavy atom. The van der Waals surface area contributed by atoms with Crippen LogP contribution in [0.25, 0.3) is 0 Å². The number of hydrogen-bond donors (Lipinski definition) is 2. The van der Waals surface area contributed by atoms with Crippen LogP contribution < -0.4 is 10.6 Å². The average molecular weight is 396 g/mol. The third-order valence-corrected chi connectivity index (χ3v) is 4.52. The molecule has 0 unspecified atom stereocenters. The number of amides is 1. The van der Waals surface area contributed by atoms with Crippen LogP contribution >= 0.6 is 11.6 Å². The van der Waals surface area contributed by atoms with Gasteiger partial charge >= 0.3 is 5.97 Å². The highest BCUT2D eigenvalue weighted by molar-refractivity contribution is 6.31. The van der Waals surface area contributed by atoms with Gasteiger partial charge in [-0.25, -0.2) is 4.79 Å². The number of carbonyl (C=O) groups excluding carboxylic acids is 2. The summed E-state index contributed by atoms with van der Waals surface area (Å²) in [4.78, 5) is 28.1. The fourth-order valence-corrected chi connectivity index (χ4v) is 2.72. The summed E-state index contributed by atoms with van der Waals surface area (Å²) in [6, 6.07) is 13.7. The zero-order valence-corrected chi connectivity index (χ0v) is 16.1. The van der Waals surface area contributed by atoms with Gasteiger partial charge in [-0.05, 0) is 55.0 Å². The van der Waals surface area contributed by atoms with Gasteiger partial charge in [0, 0.05) is 22.6 Å². The Bertz CT molecular complexity index is 1020. The molecule has 0 fully saturated rings. The van der Waals surface area contributed by atoms with E-state index >= 15 is 0 Å². The molecule has 1 amide bonds. The molecule has 0 aliphatic rings. The molecule has 6 nitrogen and oxygen atoms in total. The minimum Gasteiger partial charge on any atom is -0.465 e. The molecule has 0 radical (unpaired) electrons. The molecule has 3 aromatic rings. The number of halogens is 1. The molecule has 0 atom stereocenters. The van der Waals surface area contributed by atoms with Gasteiger partial charge in [0.05, 0.1) is 30.1 Å². The Morgan fingerprint density at radius 1 is 1.00 bits per heavy atom. The van der Waals surface area contributed by atoms with Gasteiger partial charge in [-0.1, -0.05) is 17.7 Å². The van der Waals surface area contributed by atoms with E-state index in [1.165, 1.54) is 13.3 Å². The standard InChI is InChI=1S/C21H18ClN3O3/c1-13-18(22)4-3-5-19(13)24-17-10-15(11-23-12-17)20(26)25-16-8-6-14(7-9-16)21(27)28-2/h3-12,24H,1-2H3,(H,25,26). The number of aromatic nitrogens is 1. The summed E-state index contributed by atoms with van der Waals surface area (Å²) in [5.41, 5.74) is 3.77. The highest BCUT2D eigenvalue weighted by Crippen LogP contribution is 2.26. The molecule has 1 aromatic heterocycles. The van der Waals surface area contributed by atoms with Crippen LogP contribution in [0.2, 0.25) is 5.02 Å². The maximum atomic E-state index is 12.5. The van der Waals surface area contributed by atoms with Crippen LogP contribution in [0, 0.1) is 6.92 Å². The molecule has 0 saturated heterocycles. The minimum absolute atomic E-state index is 0.315. The number of esters is 1. The van der Waals surface area contributed by atoms with Crippen LogP contribution in [0.15, 0.2) is 60.9 Å². The number of methoxy groups -OCH3 is 1. The minimum atomic E-state index is -0.433.